The molecule has 0 spiro atoms. The van der Waals surface area contributed by atoms with E-state index in [2.05, 4.69) is 17.1 Å². The monoisotopic (exact) mass is 285 g/mol. The van der Waals surface area contributed by atoms with E-state index in [9.17, 15) is 0 Å². The van der Waals surface area contributed by atoms with Crippen LogP contribution in [0.3, 0.4) is 0 Å². The number of anilines is 1. The Hall–Kier alpha value is -1.26. The number of benzene rings is 1. The second-order valence-electron chi connectivity index (χ2n) is 4.08. The number of aromatic nitrogens is 2. The van der Waals surface area contributed by atoms with Crippen LogP contribution in [0.1, 0.15) is 32.0 Å². The second-order valence-corrected chi connectivity index (χ2v) is 4.90. The van der Waals surface area contributed by atoms with Crippen molar-refractivity contribution in [3.05, 3.63) is 28.0 Å². The molecule has 0 saturated heterocycles. The maximum absolute atomic E-state index is 6.09. The summed E-state index contributed by atoms with van der Waals surface area (Å²) in [4.78, 5) is 4.31. The Morgan fingerprint density at radius 2 is 2.00 bits per heavy atom. The van der Waals surface area contributed by atoms with Crippen molar-refractivity contribution in [3.8, 4) is 11.5 Å². The molecule has 0 saturated carbocycles. The minimum atomic E-state index is 0.224. The van der Waals surface area contributed by atoms with Crippen LogP contribution in [0.15, 0.2) is 16.7 Å². The Bertz CT molecular complexity index is 568. The lowest BCUT2D eigenvalue weighted by Gasteiger charge is -2.05. The van der Waals surface area contributed by atoms with E-state index in [1.807, 2.05) is 6.92 Å². The molecule has 6 heteroatoms. The summed E-state index contributed by atoms with van der Waals surface area (Å²) in [5.41, 5.74) is 6.73. The Kier molecular flexibility index (Phi) is 3.78. The van der Waals surface area contributed by atoms with Crippen molar-refractivity contribution < 1.29 is 4.52 Å². The molecule has 2 N–H and O–H groups in total. The highest BCUT2D eigenvalue weighted by Crippen LogP contribution is 2.37. The van der Waals surface area contributed by atoms with Gasteiger partial charge in [0.15, 0.2) is 5.82 Å². The summed E-state index contributed by atoms with van der Waals surface area (Å²) in [5.74, 6) is 1.17. The summed E-state index contributed by atoms with van der Waals surface area (Å²) in [6.07, 6.45) is 0.928. The lowest BCUT2D eigenvalue weighted by Crippen LogP contribution is -1.95. The molecule has 0 fully saturated rings. The van der Waals surface area contributed by atoms with E-state index >= 15 is 0 Å². The van der Waals surface area contributed by atoms with Gasteiger partial charge in [0.2, 0.25) is 0 Å². The zero-order valence-corrected chi connectivity index (χ0v) is 11.6. The van der Waals surface area contributed by atoms with E-state index in [0.717, 1.165) is 6.42 Å². The van der Waals surface area contributed by atoms with Crippen LogP contribution < -0.4 is 5.73 Å². The number of nitrogens with zero attached hydrogens (tertiary/aromatic N) is 2. The topological polar surface area (TPSA) is 64.9 Å². The summed E-state index contributed by atoms with van der Waals surface area (Å²) in [5, 5.41) is 4.79. The standard InChI is InChI=1S/C12H13Cl2N3O/c1-3-6(2)11-16-12(18-17-11)9-7(13)4-5-8(14)10(9)15/h4-6H,3,15H2,1-2H3. The van der Waals surface area contributed by atoms with Crippen LogP contribution >= 0.6 is 23.2 Å². The highest BCUT2D eigenvalue weighted by Gasteiger charge is 2.19. The quantitative estimate of drug-likeness (QED) is 0.861. The van der Waals surface area contributed by atoms with Crippen LogP contribution in [0, 0.1) is 0 Å². The van der Waals surface area contributed by atoms with E-state index in [4.69, 9.17) is 33.5 Å². The molecule has 0 amide bonds. The van der Waals surface area contributed by atoms with E-state index in [-0.39, 0.29) is 5.92 Å². The smallest absolute Gasteiger partial charge is 0.261 e. The third-order valence-corrected chi connectivity index (χ3v) is 3.49. The summed E-state index contributed by atoms with van der Waals surface area (Å²) in [6, 6.07) is 3.29. The van der Waals surface area contributed by atoms with Gasteiger partial charge in [0, 0.05) is 5.92 Å². The lowest BCUT2D eigenvalue weighted by atomic mass is 10.1. The van der Waals surface area contributed by atoms with Gasteiger partial charge in [-0.2, -0.15) is 4.98 Å². The van der Waals surface area contributed by atoms with Crippen LogP contribution in [0.2, 0.25) is 10.0 Å². The number of hydrogen-bond donors (Lipinski definition) is 1. The molecule has 0 bridgehead atoms. The Morgan fingerprint density at radius 1 is 1.33 bits per heavy atom. The van der Waals surface area contributed by atoms with Gasteiger partial charge >= 0.3 is 0 Å². The van der Waals surface area contributed by atoms with Gasteiger partial charge in [0.1, 0.15) is 0 Å². The summed E-state index contributed by atoms with van der Waals surface area (Å²) < 4.78 is 5.21. The van der Waals surface area contributed by atoms with Crippen molar-refractivity contribution in [1.82, 2.24) is 10.1 Å². The fourth-order valence-electron chi connectivity index (χ4n) is 1.50. The van der Waals surface area contributed by atoms with E-state index in [0.29, 0.717) is 33.0 Å². The predicted octanol–water partition coefficient (Wildman–Crippen LogP) is 4.14. The summed E-state index contributed by atoms with van der Waals surface area (Å²) >= 11 is 12.1. The molecule has 0 radical (unpaired) electrons. The van der Waals surface area contributed by atoms with Crippen LogP contribution in [-0.2, 0) is 0 Å². The first-order valence-corrected chi connectivity index (χ1v) is 6.37. The maximum atomic E-state index is 6.09. The largest absolute Gasteiger partial charge is 0.397 e. The van der Waals surface area contributed by atoms with Gasteiger partial charge in [-0.05, 0) is 18.6 Å². The molecule has 96 valence electrons. The van der Waals surface area contributed by atoms with Crippen molar-refractivity contribution in [2.75, 3.05) is 5.73 Å². The molecule has 1 unspecified atom stereocenters. The van der Waals surface area contributed by atoms with Crippen molar-refractivity contribution in [2.24, 2.45) is 0 Å². The average Bonchev–Trinajstić information content (AvgIpc) is 2.83. The second kappa shape index (κ2) is 5.16. The van der Waals surface area contributed by atoms with Gasteiger partial charge in [0.05, 0.1) is 21.3 Å². The van der Waals surface area contributed by atoms with Gasteiger partial charge in [0.25, 0.3) is 5.89 Å². The predicted molar refractivity (Wildman–Crippen MR) is 72.9 cm³/mol. The van der Waals surface area contributed by atoms with Crippen molar-refractivity contribution in [1.29, 1.82) is 0 Å². The van der Waals surface area contributed by atoms with Gasteiger partial charge in [-0.3, -0.25) is 0 Å². The van der Waals surface area contributed by atoms with E-state index in [1.165, 1.54) is 0 Å². The van der Waals surface area contributed by atoms with E-state index < -0.39 is 0 Å². The normalized spacial score (nSPS) is 12.7. The molecule has 0 aliphatic rings. The minimum absolute atomic E-state index is 0.224. The third kappa shape index (κ3) is 2.31. The molecule has 1 aromatic carbocycles. The number of halogens is 2. The number of hydrogen-bond acceptors (Lipinski definition) is 4. The van der Waals surface area contributed by atoms with Crippen molar-refractivity contribution in [2.45, 2.75) is 26.2 Å². The molecule has 4 nitrogen and oxygen atoms in total. The number of rotatable bonds is 3. The summed E-state index contributed by atoms with van der Waals surface area (Å²) in [7, 11) is 0. The molecule has 2 aromatic rings. The fourth-order valence-corrected chi connectivity index (χ4v) is 1.91. The molecule has 0 aliphatic heterocycles. The molecular formula is C12H13Cl2N3O. The van der Waals surface area contributed by atoms with Gasteiger partial charge in [-0.25, -0.2) is 0 Å². The fraction of sp³-hybridized carbons (Fsp3) is 0.333. The van der Waals surface area contributed by atoms with Gasteiger partial charge in [-0.1, -0.05) is 42.2 Å². The maximum Gasteiger partial charge on any atom is 0.261 e. The van der Waals surface area contributed by atoms with E-state index in [1.54, 1.807) is 12.1 Å². The lowest BCUT2D eigenvalue weighted by molar-refractivity contribution is 0.416. The number of nitrogen functional groups attached to an aromatic ring is 1. The molecule has 2 rings (SSSR count). The molecule has 18 heavy (non-hydrogen) atoms. The summed E-state index contributed by atoms with van der Waals surface area (Å²) in [6.45, 7) is 4.08. The molecule has 0 aliphatic carbocycles. The minimum Gasteiger partial charge on any atom is -0.397 e. The molecule has 1 aromatic heterocycles. The van der Waals surface area contributed by atoms with Crippen LogP contribution in [0.4, 0.5) is 5.69 Å². The highest BCUT2D eigenvalue weighted by molar-refractivity contribution is 6.37. The average molecular weight is 286 g/mol. The first-order valence-electron chi connectivity index (χ1n) is 5.62. The van der Waals surface area contributed by atoms with Crippen molar-refractivity contribution >= 4 is 28.9 Å². The van der Waals surface area contributed by atoms with Crippen LogP contribution in [0.25, 0.3) is 11.5 Å². The molecule has 1 heterocycles. The zero-order chi connectivity index (χ0) is 13.3. The highest BCUT2D eigenvalue weighted by atomic mass is 35.5. The molecular weight excluding hydrogens is 273 g/mol. The Balaban J connectivity index is 2.49. The van der Waals surface area contributed by atoms with Crippen molar-refractivity contribution in [3.63, 3.8) is 0 Å². The third-order valence-electron chi connectivity index (χ3n) is 2.85. The SMILES string of the molecule is CCC(C)c1noc(-c2c(Cl)ccc(Cl)c2N)n1. The Labute approximate surface area is 115 Å². The zero-order valence-electron chi connectivity index (χ0n) is 10.1. The van der Waals surface area contributed by atoms with Crippen LogP contribution in [-0.4, -0.2) is 10.1 Å². The van der Waals surface area contributed by atoms with Gasteiger partial charge < -0.3 is 10.3 Å². The Morgan fingerprint density at radius 3 is 2.67 bits per heavy atom. The molecule has 1 atom stereocenters. The van der Waals surface area contributed by atoms with Gasteiger partial charge in [-0.15, -0.1) is 0 Å². The first kappa shape index (κ1) is 13.2. The first-order chi connectivity index (χ1) is 8.54. The number of nitrogens with two attached hydrogens (primary N) is 1. The van der Waals surface area contributed by atoms with Crippen LogP contribution in [0.5, 0.6) is 0 Å².